The number of nitriles is 1. The molecule has 0 unspecified atom stereocenters. The van der Waals surface area contributed by atoms with Crippen molar-refractivity contribution >= 4 is 46.8 Å². The highest BCUT2D eigenvalue weighted by Crippen LogP contribution is 2.24. The van der Waals surface area contributed by atoms with Crippen molar-refractivity contribution in [2.24, 2.45) is 0 Å². The Balaban J connectivity index is 2.00. The molecule has 0 heterocycles. The van der Waals surface area contributed by atoms with E-state index >= 15 is 0 Å². The Hall–Kier alpha value is -3.06. The molecule has 0 spiro atoms. The number of amides is 2. The molecule has 0 fully saturated rings. The van der Waals surface area contributed by atoms with Crippen molar-refractivity contribution < 1.29 is 23.9 Å². The van der Waals surface area contributed by atoms with Gasteiger partial charge in [-0.05, 0) is 30.3 Å². The molecule has 0 aliphatic heterocycles. The summed E-state index contributed by atoms with van der Waals surface area (Å²) in [5.74, 6) is -1.24. The van der Waals surface area contributed by atoms with Gasteiger partial charge in [0.25, 0.3) is 5.91 Å². The number of anilines is 1. The van der Waals surface area contributed by atoms with Gasteiger partial charge in [-0.3, -0.25) is 9.59 Å². The smallest absolute Gasteiger partial charge is 0.339 e. The number of hydrogen-bond donors (Lipinski definition) is 1. The molecule has 8 nitrogen and oxygen atoms in total. The Labute approximate surface area is 201 Å². The van der Waals surface area contributed by atoms with Crippen molar-refractivity contribution in [3.63, 3.8) is 0 Å². The number of nitrogens with zero attached hydrogens (tertiary/aromatic N) is 2. The van der Waals surface area contributed by atoms with E-state index in [4.69, 9.17) is 26.3 Å². The number of ether oxygens (including phenoxy) is 2. The van der Waals surface area contributed by atoms with E-state index < -0.39 is 18.5 Å². The second-order valence-electron chi connectivity index (χ2n) is 6.64. The molecule has 0 aliphatic rings. The van der Waals surface area contributed by atoms with Gasteiger partial charge >= 0.3 is 5.97 Å². The van der Waals surface area contributed by atoms with E-state index in [0.717, 1.165) is 0 Å². The molecule has 0 aromatic heterocycles. The van der Waals surface area contributed by atoms with Crippen LogP contribution in [0.3, 0.4) is 0 Å². The molecule has 0 atom stereocenters. The Morgan fingerprint density at radius 1 is 1.18 bits per heavy atom. The quantitative estimate of drug-likeness (QED) is 0.277. The van der Waals surface area contributed by atoms with E-state index in [1.807, 2.05) is 6.07 Å². The highest BCUT2D eigenvalue weighted by molar-refractivity contribution is 8.00. The third kappa shape index (κ3) is 8.77. The maximum atomic E-state index is 12.7. The minimum absolute atomic E-state index is 0.109. The molecular formula is C23H24ClN3O5S. The number of halogens is 1. The van der Waals surface area contributed by atoms with Crippen molar-refractivity contribution in [1.29, 1.82) is 5.26 Å². The van der Waals surface area contributed by atoms with Crippen molar-refractivity contribution in [2.75, 3.05) is 44.1 Å². The molecule has 33 heavy (non-hydrogen) atoms. The van der Waals surface area contributed by atoms with E-state index in [9.17, 15) is 14.4 Å². The number of carbonyl (C=O) groups excluding carboxylic acids is 3. The zero-order valence-electron chi connectivity index (χ0n) is 18.1. The number of rotatable bonds is 12. The lowest BCUT2D eigenvalue weighted by atomic mass is 10.2. The maximum Gasteiger partial charge on any atom is 0.339 e. The van der Waals surface area contributed by atoms with Crippen molar-refractivity contribution in [3.05, 3.63) is 59.1 Å². The minimum atomic E-state index is -0.683. The van der Waals surface area contributed by atoms with Crippen LogP contribution in [0.15, 0.2) is 53.4 Å². The zero-order chi connectivity index (χ0) is 24.1. The van der Waals surface area contributed by atoms with Crippen LogP contribution >= 0.6 is 23.4 Å². The van der Waals surface area contributed by atoms with Gasteiger partial charge in [-0.2, -0.15) is 5.26 Å². The highest BCUT2D eigenvalue weighted by Gasteiger charge is 2.20. The summed E-state index contributed by atoms with van der Waals surface area (Å²) in [7, 11) is 1.55. The van der Waals surface area contributed by atoms with Crippen LogP contribution in [0.1, 0.15) is 16.8 Å². The average molecular weight is 490 g/mol. The first kappa shape index (κ1) is 26.2. The molecule has 2 aromatic rings. The van der Waals surface area contributed by atoms with Crippen LogP contribution in [0.5, 0.6) is 0 Å². The Morgan fingerprint density at radius 2 is 1.97 bits per heavy atom. The van der Waals surface area contributed by atoms with Crippen molar-refractivity contribution in [2.45, 2.75) is 11.3 Å². The standard InChI is InChI=1S/C23H24ClN3O5S/c1-31-13-11-26-21(28)16-33-20-9-3-2-8-19(20)23(30)32-15-22(29)27(12-5-10-25)18-7-4-6-17(24)14-18/h2-4,6-9,14H,5,11-13,15-16H2,1H3,(H,26,28). The SMILES string of the molecule is COCCNC(=O)CSc1ccccc1C(=O)OCC(=O)N(CCC#N)c1cccc(Cl)c1. The minimum Gasteiger partial charge on any atom is -0.452 e. The number of hydrogen-bond acceptors (Lipinski definition) is 7. The van der Waals surface area contributed by atoms with Gasteiger partial charge in [-0.15, -0.1) is 11.8 Å². The summed E-state index contributed by atoms with van der Waals surface area (Å²) in [6, 6.07) is 15.3. The van der Waals surface area contributed by atoms with E-state index in [2.05, 4.69) is 5.32 Å². The van der Waals surface area contributed by atoms with Crippen LogP contribution < -0.4 is 10.2 Å². The highest BCUT2D eigenvalue weighted by atomic mass is 35.5. The van der Waals surface area contributed by atoms with Crippen molar-refractivity contribution in [3.8, 4) is 6.07 Å². The lowest BCUT2D eigenvalue weighted by molar-refractivity contribution is -0.121. The number of esters is 1. The molecule has 0 saturated heterocycles. The number of benzene rings is 2. The first-order valence-corrected chi connectivity index (χ1v) is 11.4. The zero-order valence-corrected chi connectivity index (χ0v) is 19.7. The van der Waals surface area contributed by atoms with Crippen LogP contribution in [-0.4, -0.2) is 56.9 Å². The third-order valence-corrected chi connectivity index (χ3v) is 5.60. The second kappa shape index (κ2) is 14.2. The molecule has 2 aromatic carbocycles. The molecule has 0 saturated carbocycles. The summed E-state index contributed by atoms with van der Waals surface area (Å²) in [6.07, 6.45) is 0.109. The first-order chi connectivity index (χ1) is 16.0. The predicted octanol–water partition coefficient (Wildman–Crippen LogP) is 3.30. The van der Waals surface area contributed by atoms with E-state index in [0.29, 0.717) is 28.8 Å². The number of thioether (sulfide) groups is 1. The molecular weight excluding hydrogens is 466 g/mol. The Morgan fingerprint density at radius 3 is 2.70 bits per heavy atom. The third-order valence-electron chi connectivity index (χ3n) is 4.29. The molecule has 0 bridgehead atoms. The largest absolute Gasteiger partial charge is 0.452 e. The fourth-order valence-corrected chi connectivity index (χ4v) is 3.79. The summed E-state index contributed by atoms with van der Waals surface area (Å²) in [4.78, 5) is 39.2. The topological polar surface area (TPSA) is 109 Å². The van der Waals surface area contributed by atoms with Gasteiger partial charge < -0.3 is 19.7 Å². The number of methoxy groups -OCH3 is 1. The fraction of sp³-hybridized carbons (Fsp3) is 0.304. The Kier molecular flexibility index (Phi) is 11.2. The molecule has 2 rings (SSSR count). The molecule has 0 radical (unpaired) electrons. The summed E-state index contributed by atoms with van der Waals surface area (Å²) >= 11 is 7.21. The molecule has 2 amide bonds. The molecule has 174 valence electrons. The normalized spacial score (nSPS) is 10.2. The number of carbonyl (C=O) groups is 3. The lowest BCUT2D eigenvalue weighted by Gasteiger charge is -2.22. The van der Waals surface area contributed by atoms with Gasteiger partial charge in [-0.25, -0.2) is 4.79 Å². The van der Waals surface area contributed by atoms with Crippen LogP contribution in [0, 0.1) is 11.3 Å². The van der Waals surface area contributed by atoms with Gasteiger partial charge in [0, 0.05) is 35.8 Å². The predicted molar refractivity (Wildman–Crippen MR) is 126 cm³/mol. The van der Waals surface area contributed by atoms with E-state index in [1.165, 1.54) is 16.7 Å². The molecule has 1 N–H and O–H groups in total. The summed E-state index contributed by atoms with van der Waals surface area (Å²) in [6.45, 7) is 0.440. The summed E-state index contributed by atoms with van der Waals surface area (Å²) in [5, 5.41) is 12.1. The van der Waals surface area contributed by atoms with Gasteiger partial charge in [0.2, 0.25) is 5.91 Å². The molecule has 0 aliphatic carbocycles. The van der Waals surface area contributed by atoms with Crippen LogP contribution in [0.2, 0.25) is 5.02 Å². The van der Waals surface area contributed by atoms with Crippen LogP contribution in [0.4, 0.5) is 5.69 Å². The van der Waals surface area contributed by atoms with Crippen LogP contribution in [0.25, 0.3) is 0 Å². The number of nitrogens with one attached hydrogen (secondary N) is 1. The summed E-state index contributed by atoms with van der Waals surface area (Å²) < 4.78 is 10.1. The monoisotopic (exact) mass is 489 g/mol. The maximum absolute atomic E-state index is 12.7. The summed E-state index contributed by atoms with van der Waals surface area (Å²) in [5.41, 5.74) is 0.764. The average Bonchev–Trinajstić information content (AvgIpc) is 2.82. The van der Waals surface area contributed by atoms with Gasteiger partial charge in [0.1, 0.15) is 0 Å². The lowest BCUT2D eigenvalue weighted by Crippen LogP contribution is -2.35. The second-order valence-corrected chi connectivity index (χ2v) is 8.09. The van der Waals surface area contributed by atoms with E-state index in [-0.39, 0.29) is 30.2 Å². The van der Waals surface area contributed by atoms with Gasteiger partial charge in [0.05, 0.1) is 30.4 Å². The van der Waals surface area contributed by atoms with E-state index in [1.54, 1.807) is 55.6 Å². The van der Waals surface area contributed by atoms with Gasteiger partial charge in [0.15, 0.2) is 6.61 Å². The first-order valence-electron chi connectivity index (χ1n) is 10.0. The van der Waals surface area contributed by atoms with Crippen LogP contribution in [-0.2, 0) is 19.1 Å². The van der Waals surface area contributed by atoms with Crippen molar-refractivity contribution in [1.82, 2.24) is 5.32 Å². The fourth-order valence-electron chi connectivity index (χ4n) is 2.73. The van der Waals surface area contributed by atoms with Gasteiger partial charge in [-0.1, -0.05) is 29.8 Å². The Bertz CT molecular complexity index is 1010. The molecule has 10 heteroatoms.